The van der Waals surface area contributed by atoms with Crippen molar-refractivity contribution >= 4 is 28.9 Å². The van der Waals surface area contributed by atoms with Crippen molar-refractivity contribution in [3.63, 3.8) is 0 Å². The molecule has 1 saturated heterocycles. The van der Waals surface area contributed by atoms with E-state index in [9.17, 15) is 14.4 Å². The third kappa shape index (κ3) is 4.74. The van der Waals surface area contributed by atoms with E-state index < -0.39 is 0 Å². The molecular weight excluding hydrogens is 394 g/mol. The summed E-state index contributed by atoms with van der Waals surface area (Å²) in [5, 5.41) is 2.89. The molecule has 0 aliphatic carbocycles. The first-order valence-electron chi connectivity index (χ1n) is 10.3. The molecule has 1 aromatic heterocycles. The number of carbonyl (C=O) groups is 3. The molecule has 1 N–H and O–H groups in total. The van der Waals surface area contributed by atoms with Gasteiger partial charge in [0.25, 0.3) is 0 Å². The Morgan fingerprint density at radius 3 is 2.55 bits per heavy atom. The van der Waals surface area contributed by atoms with Gasteiger partial charge in [-0.3, -0.25) is 14.5 Å². The minimum Gasteiger partial charge on any atom is -0.352 e. The molecule has 8 nitrogen and oxygen atoms in total. The number of amides is 4. The SMILES string of the molecule is CN1CC(=O)N(CCCC(=O)NCc2ccc(Cn3cnc4ccccc43)cc2)C1=O. The van der Waals surface area contributed by atoms with Crippen LogP contribution >= 0.6 is 0 Å². The fourth-order valence-corrected chi connectivity index (χ4v) is 3.67. The first-order chi connectivity index (χ1) is 15.0. The van der Waals surface area contributed by atoms with Crippen LogP contribution in [0.15, 0.2) is 54.9 Å². The Kier molecular flexibility index (Phi) is 5.97. The Balaban J connectivity index is 1.22. The molecule has 0 spiro atoms. The molecule has 4 amide bonds. The largest absolute Gasteiger partial charge is 0.352 e. The van der Waals surface area contributed by atoms with Gasteiger partial charge in [-0.1, -0.05) is 36.4 Å². The molecule has 0 atom stereocenters. The van der Waals surface area contributed by atoms with E-state index in [0.717, 1.165) is 28.7 Å². The Labute approximate surface area is 180 Å². The van der Waals surface area contributed by atoms with Gasteiger partial charge in [0.15, 0.2) is 0 Å². The number of hydrogen-bond donors (Lipinski definition) is 1. The predicted molar refractivity (Wildman–Crippen MR) is 116 cm³/mol. The number of fused-ring (bicyclic) bond motifs is 1. The van der Waals surface area contributed by atoms with Gasteiger partial charge >= 0.3 is 6.03 Å². The maximum Gasteiger partial charge on any atom is 0.326 e. The van der Waals surface area contributed by atoms with Gasteiger partial charge < -0.3 is 14.8 Å². The van der Waals surface area contributed by atoms with Gasteiger partial charge in [-0.05, 0) is 29.7 Å². The maximum atomic E-state index is 12.1. The lowest BCUT2D eigenvalue weighted by molar-refractivity contribution is -0.126. The van der Waals surface area contributed by atoms with Crippen molar-refractivity contribution in [1.29, 1.82) is 0 Å². The molecule has 31 heavy (non-hydrogen) atoms. The molecule has 0 saturated carbocycles. The summed E-state index contributed by atoms with van der Waals surface area (Å²) in [6.07, 6.45) is 2.57. The molecule has 1 aliphatic heterocycles. The number of imidazole rings is 1. The Morgan fingerprint density at radius 1 is 1.06 bits per heavy atom. The van der Waals surface area contributed by atoms with Crippen molar-refractivity contribution in [2.24, 2.45) is 0 Å². The minimum atomic E-state index is -0.297. The van der Waals surface area contributed by atoms with Gasteiger partial charge in [-0.15, -0.1) is 0 Å². The quantitative estimate of drug-likeness (QED) is 0.568. The maximum absolute atomic E-state index is 12.1. The molecule has 4 rings (SSSR count). The van der Waals surface area contributed by atoms with Crippen LogP contribution in [0.25, 0.3) is 11.0 Å². The van der Waals surface area contributed by atoms with Crippen LogP contribution in [0.3, 0.4) is 0 Å². The standard InChI is InChI=1S/C23H25N5O3/c1-26-15-22(30)28(23(26)31)12-4-7-21(29)24-13-17-8-10-18(11-9-17)14-27-16-25-19-5-2-3-6-20(19)27/h2-3,5-6,8-11,16H,4,7,12-15H2,1H3,(H,24,29). The molecule has 3 aromatic rings. The Bertz CT molecular complexity index is 1110. The highest BCUT2D eigenvalue weighted by Gasteiger charge is 2.32. The molecule has 2 aromatic carbocycles. The van der Waals surface area contributed by atoms with E-state index in [1.165, 1.54) is 9.80 Å². The summed E-state index contributed by atoms with van der Waals surface area (Å²) in [5.74, 6) is -0.307. The fourth-order valence-electron chi connectivity index (χ4n) is 3.67. The highest BCUT2D eigenvalue weighted by atomic mass is 16.2. The number of likely N-dealkylation sites (N-methyl/N-ethyl adjacent to an activating group) is 1. The lowest BCUT2D eigenvalue weighted by atomic mass is 10.1. The van der Waals surface area contributed by atoms with Crippen LogP contribution in [0.2, 0.25) is 0 Å². The zero-order chi connectivity index (χ0) is 21.8. The van der Waals surface area contributed by atoms with Crippen LogP contribution in [-0.4, -0.2) is 57.3 Å². The second-order valence-corrected chi connectivity index (χ2v) is 7.74. The number of urea groups is 1. The fraction of sp³-hybridized carbons (Fsp3) is 0.304. The summed E-state index contributed by atoms with van der Waals surface area (Å²) in [5.41, 5.74) is 4.25. The van der Waals surface area contributed by atoms with E-state index in [1.54, 1.807) is 7.05 Å². The monoisotopic (exact) mass is 419 g/mol. The van der Waals surface area contributed by atoms with Gasteiger partial charge in [0.1, 0.15) is 6.54 Å². The van der Waals surface area contributed by atoms with E-state index in [-0.39, 0.29) is 37.4 Å². The number of nitrogens with zero attached hydrogens (tertiary/aromatic N) is 4. The second kappa shape index (κ2) is 8.99. The number of hydrogen-bond acceptors (Lipinski definition) is 4. The van der Waals surface area contributed by atoms with E-state index in [2.05, 4.69) is 33.1 Å². The van der Waals surface area contributed by atoms with E-state index in [1.807, 2.05) is 36.7 Å². The summed E-state index contributed by atoms with van der Waals surface area (Å²) in [7, 11) is 1.59. The molecule has 2 heterocycles. The number of aromatic nitrogens is 2. The van der Waals surface area contributed by atoms with Crippen molar-refractivity contribution in [3.8, 4) is 0 Å². The van der Waals surface area contributed by atoms with E-state index in [0.29, 0.717) is 13.0 Å². The summed E-state index contributed by atoms with van der Waals surface area (Å²) in [4.78, 5) is 42.6. The normalized spacial score (nSPS) is 14.0. The molecular formula is C23H25N5O3. The van der Waals surface area contributed by atoms with Crippen molar-refractivity contribution in [2.45, 2.75) is 25.9 Å². The third-order valence-electron chi connectivity index (χ3n) is 5.41. The van der Waals surface area contributed by atoms with Crippen LogP contribution in [0.5, 0.6) is 0 Å². The molecule has 8 heteroatoms. The van der Waals surface area contributed by atoms with E-state index >= 15 is 0 Å². The Hall–Kier alpha value is -3.68. The van der Waals surface area contributed by atoms with Gasteiger partial charge in [-0.25, -0.2) is 9.78 Å². The highest BCUT2D eigenvalue weighted by Crippen LogP contribution is 2.15. The number of carbonyl (C=O) groups excluding carboxylic acids is 3. The Morgan fingerprint density at radius 2 is 1.81 bits per heavy atom. The third-order valence-corrected chi connectivity index (χ3v) is 5.41. The number of benzene rings is 2. The smallest absolute Gasteiger partial charge is 0.326 e. The summed E-state index contributed by atoms with van der Waals surface area (Å²) >= 11 is 0. The number of imide groups is 1. The van der Waals surface area contributed by atoms with Crippen LogP contribution in [0, 0.1) is 0 Å². The first-order valence-corrected chi connectivity index (χ1v) is 10.3. The average molecular weight is 419 g/mol. The highest BCUT2D eigenvalue weighted by molar-refractivity contribution is 6.01. The van der Waals surface area contributed by atoms with Gasteiger partial charge in [0.05, 0.1) is 17.4 Å². The number of rotatable bonds is 8. The van der Waals surface area contributed by atoms with Gasteiger partial charge in [0, 0.05) is 33.1 Å². The van der Waals surface area contributed by atoms with Crippen LogP contribution < -0.4 is 5.32 Å². The molecule has 160 valence electrons. The molecule has 1 fully saturated rings. The predicted octanol–water partition coefficient (Wildman–Crippen LogP) is 2.38. The molecule has 0 unspecified atom stereocenters. The zero-order valence-electron chi connectivity index (χ0n) is 17.5. The minimum absolute atomic E-state index is 0.0959. The molecule has 0 bridgehead atoms. The van der Waals surface area contributed by atoms with E-state index in [4.69, 9.17) is 0 Å². The molecule has 1 aliphatic rings. The summed E-state index contributed by atoms with van der Waals surface area (Å²) in [6.45, 7) is 1.55. The van der Waals surface area contributed by atoms with Crippen LogP contribution in [-0.2, 0) is 22.7 Å². The van der Waals surface area contributed by atoms with Crippen molar-refractivity contribution in [2.75, 3.05) is 20.1 Å². The van der Waals surface area contributed by atoms with Crippen LogP contribution in [0.4, 0.5) is 4.79 Å². The lowest BCUT2D eigenvalue weighted by Gasteiger charge is -2.13. The first kappa shape index (κ1) is 20.6. The van der Waals surface area contributed by atoms with Crippen LogP contribution in [0.1, 0.15) is 24.0 Å². The second-order valence-electron chi connectivity index (χ2n) is 7.74. The van der Waals surface area contributed by atoms with Crippen molar-refractivity contribution in [3.05, 3.63) is 66.0 Å². The zero-order valence-corrected chi connectivity index (χ0v) is 17.5. The summed E-state index contributed by atoms with van der Waals surface area (Å²) < 4.78 is 2.11. The number of para-hydroxylation sites is 2. The van der Waals surface area contributed by atoms with Crippen molar-refractivity contribution in [1.82, 2.24) is 24.7 Å². The average Bonchev–Trinajstić information content (AvgIpc) is 3.28. The van der Waals surface area contributed by atoms with Crippen molar-refractivity contribution < 1.29 is 14.4 Å². The van der Waals surface area contributed by atoms with Gasteiger partial charge in [-0.2, -0.15) is 0 Å². The number of nitrogens with one attached hydrogen (secondary N) is 1. The van der Waals surface area contributed by atoms with Gasteiger partial charge in [0.2, 0.25) is 11.8 Å². The lowest BCUT2D eigenvalue weighted by Crippen LogP contribution is -2.33. The summed E-state index contributed by atoms with van der Waals surface area (Å²) in [6, 6.07) is 15.9. The molecule has 0 radical (unpaired) electrons. The topological polar surface area (TPSA) is 87.5 Å².